The second-order valence-corrected chi connectivity index (χ2v) is 1.86. The first-order valence-electron chi connectivity index (χ1n) is 3.02. The predicted octanol–water partition coefficient (Wildman–Crippen LogP) is 1.47. The smallest absolute Gasteiger partial charge is 0.0496 e. The van der Waals surface area contributed by atoms with Crippen molar-refractivity contribution in [2.24, 2.45) is 11.2 Å². The molecule has 0 amide bonds. The summed E-state index contributed by atoms with van der Waals surface area (Å²) in [5.41, 5.74) is 2.35. The van der Waals surface area contributed by atoms with E-state index in [9.17, 15) is 4.91 Å². The highest BCUT2D eigenvalue weighted by molar-refractivity contribution is 4.78. The van der Waals surface area contributed by atoms with Crippen molar-refractivity contribution >= 4 is 0 Å². The fraction of sp³-hybridized carbons (Fsp3) is 0.667. The zero-order valence-corrected chi connectivity index (χ0v) is 5.63. The zero-order valence-electron chi connectivity index (χ0n) is 5.63. The van der Waals surface area contributed by atoms with Crippen LogP contribution >= 0.6 is 0 Å². The van der Waals surface area contributed by atoms with E-state index in [0.717, 1.165) is 6.42 Å². The Kier molecular flexibility index (Phi) is 4.78. The molecule has 0 radical (unpaired) electrons. The fourth-order valence-electron chi connectivity index (χ4n) is 0.549. The minimum Gasteiger partial charge on any atom is -0.273 e. The summed E-state index contributed by atoms with van der Waals surface area (Å²) in [7, 11) is 0. The van der Waals surface area contributed by atoms with Crippen molar-refractivity contribution in [2.75, 3.05) is 6.54 Å². The lowest BCUT2D eigenvalue weighted by Gasteiger charge is -2.05. The van der Waals surface area contributed by atoms with Crippen molar-refractivity contribution in [2.45, 2.75) is 13.3 Å². The Bertz CT molecular complexity index is 93.1. The Morgan fingerprint density at radius 1 is 1.89 bits per heavy atom. The summed E-state index contributed by atoms with van der Waals surface area (Å²) in [5, 5.41) is 2.52. The number of hydrogen-bond acceptors (Lipinski definition) is 2. The SMILES string of the molecule is C=CC(CC)CNN=O. The third-order valence-corrected chi connectivity index (χ3v) is 1.28. The van der Waals surface area contributed by atoms with Gasteiger partial charge in [0, 0.05) is 11.8 Å². The minimum atomic E-state index is 0.364. The molecule has 0 aromatic carbocycles. The first-order valence-corrected chi connectivity index (χ1v) is 3.02. The van der Waals surface area contributed by atoms with E-state index in [1.54, 1.807) is 0 Å². The van der Waals surface area contributed by atoms with Crippen LogP contribution in [0.1, 0.15) is 13.3 Å². The Balaban J connectivity index is 3.30. The van der Waals surface area contributed by atoms with Gasteiger partial charge in [0.1, 0.15) is 0 Å². The molecular formula is C6H12N2O. The van der Waals surface area contributed by atoms with Crippen LogP contribution in [-0.2, 0) is 0 Å². The van der Waals surface area contributed by atoms with Crippen LogP contribution in [0.3, 0.4) is 0 Å². The number of nitrogens with zero attached hydrogens (tertiary/aromatic N) is 1. The average molecular weight is 128 g/mol. The number of nitrogens with one attached hydrogen (secondary N) is 1. The highest BCUT2D eigenvalue weighted by Crippen LogP contribution is 1.99. The van der Waals surface area contributed by atoms with E-state index in [1.165, 1.54) is 0 Å². The average Bonchev–Trinajstić information content (AvgIpc) is 1.91. The van der Waals surface area contributed by atoms with Gasteiger partial charge in [-0.1, -0.05) is 13.0 Å². The molecule has 0 fully saturated rings. The van der Waals surface area contributed by atoms with Gasteiger partial charge in [-0.2, -0.15) is 0 Å². The number of hydrogen-bond donors (Lipinski definition) is 1. The molecule has 9 heavy (non-hydrogen) atoms. The third kappa shape index (κ3) is 3.70. The van der Waals surface area contributed by atoms with Crippen LogP contribution < -0.4 is 5.43 Å². The van der Waals surface area contributed by atoms with Gasteiger partial charge in [0.2, 0.25) is 0 Å². The van der Waals surface area contributed by atoms with Crippen molar-refractivity contribution in [3.63, 3.8) is 0 Å². The summed E-state index contributed by atoms with van der Waals surface area (Å²) in [6.45, 7) is 6.24. The number of nitroso groups, excluding NO2 is 1. The van der Waals surface area contributed by atoms with Gasteiger partial charge in [-0.3, -0.25) is 5.43 Å². The maximum absolute atomic E-state index is 9.55. The van der Waals surface area contributed by atoms with E-state index in [1.807, 2.05) is 13.0 Å². The van der Waals surface area contributed by atoms with Crippen molar-refractivity contribution in [3.05, 3.63) is 17.6 Å². The standard InChI is InChI=1S/C6H12N2O/c1-3-6(4-2)5-7-8-9/h3,6H,1,4-5H2,2H3,(H,7,9). The van der Waals surface area contributed by atoms with Gasteiger partial charge in [-0.25, -0.2) is 0 Å². The highest BCUT2D eigenvalue weighted by atomic mass is 16.3. The van der Waals surface area contributed by atoms with Gasteiger partial charge in [0.15, 0.2) is 0 Å². The van der Waals surface area contributed by atoms with E-state index >= 15 is 0 Å². The van der Waals surface area contributed by atoms with Crippen LogP contribution in [0, 0.1) is 10.8 Å². The molecule has 0 spiro atoms. The van der Waals surface area contributed by atoms with Gasteiger partial charge in [-0.15, -0.1) is 11.5 Å². The molecule has 52 valence electrons. The van der Waals surface area contributed by atoms with Gasteiger partial charge < -0.3 is 0 Å². The first kappa shape index (κ1) is 8.14. The zero-order chi connectivity index (χ0) is 7.11. The Hall–Kier alpha value is -0.860. The van der Waals surface area contributed by atoms with Gasteiger partial charge in [-0.05, 0) is 12.3 Å². The molecule has 0 heterocycles. The molecule has 0 aromatic rings. The van der Waals surface area contributed by atoms with Gasteiger partial charge in [0.05, 0.1) is 0 Å². The van der Waals surface area contributed by atoms with Crippen molar-refractivity contribution < 1.29 is 0 Å². The lowest BCUT2D eigenvalue weighted by Crippen LogP contribution is -2.14. The molecule has 0 aromatic heterocycles. The molecule has 0 bridgehead atoms. The van der Waals surface area contributed by atoms with Gasteiger partial charge >= 0.3 is 0 Å². The summed E-state index contributed by atoms with van der Waals surface area (Å²) in [5.74, 6) is 0.364. The van der Waals surface area contributed by atoms with Crippen molar-refractivity contribution in [3.8, 4) is 0 Å². The van der Waals surface area contributed by atoms with Gasteiger partial charge in [0.25, 0.3) is 0 Å². The normalized spacial score (nSPS) is 12.1. The van der Waals surface area contributed by atoms with Crippen LogP contribution in [0.2, 0.25) is 0 Å². The molecule has 0 rings (SSSR count). The molecule has 0 aliphatic heterocycles. The van der Waals surface area contributed by atoms with Crippen molar-refractivity contribution in [1.82, 2.24) is 5.43 Å². The summed E-state index contributed by atoms with van der Waals surface area (Å²) in [4.78, 5) is 9.55. The predicted molar refractivity (Wildman–Crippen MR) is 37.8 cm³/mol. The molecule has 1 N–H and O–H groups in total. The third-order valence-electron chi connectivity index (χ3n) is 1.28. The number of rotatable bonds is 5. The molecule has 0 aliphatic rings. The second kappa shape index (κ2) is 5.28. The maximum atomic E-state index is 9.55. The summed E-state index contributed by atoms with van der Waals surface area (Å²) in [6, 6.07) is 0. The topological polar surface area (TPSA) is 41.5 Å². The van der Waals surface area contributed by atoms with E-state index in [4.69, 9.17) is 0 Å². The van der Waals surface area contributed by atoms with E-state index in [0.29, 0.717) is 12.5 Å². The van der Waals surface area contributed by atoms with Crippen LogP contribution in [0.15, 0.2) is 17.9 Å². The summed E-state index contributed by atoms with van der Waals surface area (Å²) < 4.78 is 0. The van der Waals surface area contributed by atoms with Crippen LogP contribution in [0.25, 0.3) is 0 Å². The largest absolute Gasteiger partial charge is 0.273 e. The Morgan fingerprint density at radius 2 is 2.56 bits per heavy atom. The van der Waals surface area contributed by atoms with E-state index < -0.39 is 0 Å². The molecule has 1 unspecified atom stereocenters. The molecule has 0 saturated carbocycles. The monoisotopic (exact) mass is 128 g/mol. The van der Waals surface area contributed by atoms with E-state index in [2.05, 4.69) is 17.3 Å². The molecule has 3 nitrogen and oxygen atoms in total. The van der Waals surface area contributed by atoms with Crippen LogP contribution in [0.4, 0.5) is 0 Å². The lowest BCUT2D eigenvalue weighted by atomic mass is 10.1. The first-order chi connectivity index (χ1) is 4.35. The maximum Gasteiger partial charge on any atom is 0.0496 e. The molecular weight excluding hydrogens is 116 g/mol. The highest BCUT2D eigenvalue weighted by Gasteiger charge is 1.97. The summed E-state index contributed by atoms with van der Waals surface area (Å²) in [6.07, 6.45) is 2.81. The van der Waals surface area contributed by atoms with E-state index in [-0.39, 0.29) is 0 Å². The second-order valence-electron chi connectivity index (χ2n) is 1.86. The quantitative estimate of drug-likeness (QED) is 0.346. The fourth-order valence-corrected chi connectivity index (χ4v) is 0.549. The lowest BCUT2D eigenvalue weighted by molar-refractivity contribution is 0.558. The Morgan fingerprint density at radius 3 is 2.89 bits per heavy atom. The molecule has 0 saturated heterocycles. The molecule has 3 heteroatoms. The van der Waals surface area contributed by atoms with Crippen molar-refractivity contribution in [1.29, 1.82) is 0 Å². The van der Waals surface area contributed by atoms with Crippen LogP contribution in [-0.4, -0.2) is 6.54 Å². The summed E-state index contributed by atoms with van der Waals surface area (Å²) >= 11 is 0. The molecule has 1 atom stereocenters. The Labute approximate surface area is 55.1 Å². The van der Waals surface area contributed by atoms with Crippen LogP contribution in [0.5, 0.6) is 0 Å². The minimum absolute atomic E-state index is 0.364. The molecule has 0 aliphatic carbocycles.